The normalized spacial score (nSPS) is 11.4. The molecule has 0 spiro atoms. The number of amides is 2. The van der Waals surface area contributed by atoms with Crippen LogP contribution >= 0.6 is 0 Å². The Morgan fingerprint density at radius 1 is 0.868 bits per heavy atom. The van der Waals surface area contributed by atoms with Gasteiger partial charge in [-0.05, 0) is 55.2 Å². The van der Waals surface area contributed by atoms with E-state index in [0.717, 1.165) is 36.2 Å². The Bertz CT molecular complexity index is 1170. The Morgan fingerprint density at radius 3 is 2.29 bits per heavy atom. The van der Waals surface area contributed by atoms with Crippen LogP contribution in [0.2, 0.25) is 0 Å². The Kier molecular flexibility index (Phi) is 10.6. The van der Waals surface area contributed by atoms with E-state index in [1.54, 1.807) is 15.9 Å². The topological polar surface area (TPSA) is 45.6 Å². The van der Waals surface area contributed by atoms with Crippen molar-refractivity contribution in [3.63, 3.8) is 0 Å². The largest absolute Gasteiger partial charge is 0.416 e. The molecule has 3 aromatic rings. The molecule has 3 rings (SSSR count). The lowest BCUT2D eigenvalue weighted by Crippen LogP contribution is -2.43. The van der Waals surface area contributed by atoms with Crippen LogP contribution in [0.5, 0.6) is 0 Å². The predicted octanol–water partition coefficient (Wildman–Crippen LogP) is 6.17. The number of rotatable bonds is 13. The summed E-state index contributed by atoms with van der Waals surface area (Å²) in [5, 5.41) is 0. The molecule has 38 heavy (non-hydrogen) atoms. The van der Waals surface area contributed by atoms with Gasteiger partial charge in [0.2, 0.25) is 11.8 Å². The number of aryl methyl sites for hydroxylation is 1. The zero-order valence-corrected chi connectivity index (χ0v) is 22.1. The first-order valence-corrected chi connectivity index (χ1v) is 13.1. The second-order valence-electron chi connectivity index (χ2n) is 9.39. The van der Waals surface area contributed by atoms with Crippen molar-refractivity contribution >= 4 is 11.8 Å². The molecule has 0 aliphatic heterocycles. The molecule has 0 atom stereocenters. The number of carbonyl (C=O) groups excluding carboxylic acids is 2. The lowest BCUT2D eigenvalue weighted by molar-refractivity contribution is -0.140. The minimum atomic E-state index is -4.40. The fourth-order valence-electron chi connectivity index (χ4n) is 4.32. The van der Waals surface area contributed by atoms with Crippen LogP contribution in [0.25, 0.3) is 0 Å². The molecule has 0 saturated heterocycles. The van der Waals surface area contributed by atoms with Gasteiger partial charge in [0.05, 0.1) is 18.7 Å². The van der Waals surface area contributed by atoms with Gasteiger partial charge >= 0.3 is 6.18 Å². The maximum absolute atomic E-state index is 13.3. The van der Waals surface area contributed by atoms with Crippen LogP contribution in [0.3, 0.4) is 0 Å². The molecule has 0 radical (unpaired) electrons. The van der Waals surface area contributed by atoms with Crippen LogP contribution in [0.15, 0.2) is 72.9 Å². The third kappa shape index (κ3) is 8.50. The first-order valence-electron chi connectivity index (χ1n) is 13.1. The van der Waals surface area contributed by atoms with Gasteiger partial charge in [-0.15, -0.1) is 0 Å². The average molecular weight is 528 g/mol. The highest BCUT2D eigenvalue weighted by atomic mass is 19.4. The first kappa shape index (κ1) is 29.0. The first-order chi connectivity index (χ1) is 18.2. The highest BCUT2D eigenvalue weighted by molar-refractivity contribution is 5.85. The van der Waals surface area contributed by atoms with Crippen LogP contribution in [0.1, 0.15) is 55.5 Å². The monoisotopic (exact) mass is 527 g/mol. The molecule has 204 valence electrons. The lowest BCUT2D eigenvalue weighted by atomic mass is 10.1. The van der Waals surface area contributed by atoms with Gasteiger partial charge < -0.3 is 14.4 Å². The fraction of sp³-hybridized carbons (Fsp3) is 0.400. The zero-order valence-electron chi connectivity index (χ0n) is 22.1. The Labute approximate surface area is 222 Å². The summed E-state index contributed by atoms with van der Waals surface area (Å²) < 4.78 is 41.3. The zero-order chi connectivity index (χ0) is 27.5. The molecule has 0 aliphatic carbocycles. The number of halogens is 3. The van der Waals surface area contributed by atoms with Gasteiger partial charge in [-0.25, -0.2) is 0 Å². The number of unbranched alkanes of at least 4 members (excludes halogenated alkanes) is 1. The van der Waals surface area contributed by atoms with Gasteiger partial charge in [-0.3, -0.25) is 9.59 Å². The van der Waals surface area contributed by atoms with E-state index in [4.69, 9.17) is 0 Å². The van der Waals surface area contributed by atoms with Crippen LogP contribution in [0, 0.1) is 0 Å². The van der Waals surface area contributed by atoms with E-state index >= 15 is 0 Å². The second kappa shape index (κ2) is 13.8. The molecule has 0 bridgehead atoms. The molecule has 2 aromatic carbocycles. The van der Waals surface area contributed by atoms with Crippen molar-refractivity contribution in [2.75, 3.05) is 19.6 Å². The number of alkyl halides is 3. The smallest absolute Gasteiger partial charge is 0.345 e. The summed E-state index contributed by atoms with van der Waals surface area (Å²) in [4.78, 5) is 29.5. The standard InChI is InChI=1S/C30H36F3N3O2/c1-3-5-18-36(29(38)23-34(4-2)28(37)17-16-24-11-7-6-8-12-24)22-27-15-10-19-35(27)21-25-13-9-14-26(20-25)30(31,32)33/h6-15,19-20H,3-5,16-18,21-23H2,1-2H3. The van der Waals surface area contributed by atoms with E-state index in [0.29, 0.717) is 38.0 Å². The quantitative estimate of drug-likeness (QED) is 0.267. The lowest BCUT2D eigenvalue weighted by Gasteiger charge is -2.27. The third-order valence-corrected chi connectivity index (χ3v) is 6.55. The molecule has 1 heterocycles. The number of nitrogens with zero attached hydrogens (tertiary/aromatic N) is 3. The van der Waals surface area contributed by atoms with Gasteiger partial charge in [0.15, 0.2) is 0 Å². The van der Waals surface area contributed by atoms with Gasteiger partial charge in [0.1, 0.15) is 0 Å². The molecule has 1 aromatic heterocycles. The molecule has 0 saturated carbocycles. The van der Waals surface area contributed by atoms with Crippen molar-refractivity contribution in [2.45, 2.75) is 58.8 Å². The molecule has 8 heteroatoms. The minimum Gasteiger partial charge on any atom is -0.345 e. The molecular weight excluding hydrogens is 491 g/mol. The summed E-state index contributed by atoms with van der Waals surface area (Å²) in [5.74, 6) is -0.201. The summed E-state index contributed by atoms with van der Waals surface area (Å²) in [6.07, 6.45) is 0.0791. The molecule has 2 amide bonds. The maximum Gasteiger partial charge on any atom is 0.416 e. The van der Waals surface area contributed by atoms with Crippen molar-refractivity contribution in [3.8, 4) is 0 Å². The van der Waals surface area contributed by atoms with E-state index in [9.17, 15) is 22.8 Å². The molecule has 0 N–H and O–H groups in total. The van der Waals surface area contributed by atoms with Gasteiger partial charge in [-0.2, -0.15) is 13.2 Å². The predicted molar refractivity (Wildman–Crippen MR) is 142 cm³/mol. The number of hydrogen-bond donors (Lipinski definition) is 0. The molecule has 0 aliphatic rings. The van der Waals surface area contributed by atoms with E-state index in [1.807, 2.05) is 67.1 Å². The van der Waals surface area contributed by atoms with Gasteiger partial charge in [-0.1, -0.05) is 55.8 Å². The van der Waals surface area contributed by atoms with Crippen molar-refractivity contribution < 1.29 is 22.8 Å². The Hall–Kier alpha value is -3.55. The van der Waals surface area contributed by atoms with Crippen LogP contribution < -0.4 is 0 Å². The number of carbonyl (C=O) groups is 2. The second-order valence-corrected chi connectivity index (χ2v) is 9.39. The average Bonchev–Trinajstić information content (AvgIpc) is 3.34. The van der Waals surface area contributed by atoms with E-state index < -0.39 is 11.7 Å². The van der Waals surface area contributed by atoms with E-state index in [2.05, 4.69) is 0 Å². The van der Waals surface area contributed by atoms with Crippen LogP contribution in [-0.4, -0.2) is 45.8 Å². The van der Waals surface area contributed by atoms with Gasteiger partial charge in [0, 0.05) is 37.9 Å². The van der Waals surface area contributed by atoms with Crippen molar-refractivity contribution in [1.82, 2.24) is 14.4 Å². The Morgan fingerprint density at radius 2 is 1.61 bits per heavy atom. The van der Waals surface area contributed by atoms with E-state index in [-0.39, 0.29) is 24.9 Å². The van der Waals surface area contributed by atoms with Crippen LogP contribution in [0.4, 0.5) is 13.2 Å². The number of aromatic nitrogens is 1. The summed E-state index contributed by atoms with van der Waals surface area (Å²) in [6, 6.07) is 18.8. The number of benzene rings is 2. The molecule has 5 nitrogen and oxygen atoms in total. The van der Waals surface area contributed by atoms with E-state index in [1.165, 1.54) is 6.07 Å². The SMILES string of the molecule is CCCCN(Cc1cccn1Cc1cccc(C(F)(F)F)c1)C(=O)CN(CC)C(=O)CCc1ccccc1. The summed E-state index contributed by atoms with van der Waals surface area (Å²) in [5.41, 5.74) is 1.75. The van der Waals surface area contributed by atoms with Crippen molar-refractivity contribution in [3.05, 3.63) is 95.3 Å². The third-order valence-electron chi connectivity index (χ3n) is 6.55. The fourth-order valence-corrected chi connectivity index (χ4v) is 4.32. The summed E-state index contributed by atoms with van der Waals surface area (Å²) in [7, 11) is 0. The van der Waals surface area contributed by atoms with Crippen molar-refractivity contribution in [2.24, 2.45) is 0 Å². The highest BCUT2D eigenvalue weighted by Crippen LogP contribution is 2.29. The molecular formula is C30H36F3N3O2. The van der Waals surface area contributed by atoms with Crippen molar-refractivity contribution in [1.29, 1.82) is 0 Å². The molecule has 0 fully saturated rings. The minimum absolute atomic E-state index is 0.00216. The number of hydrogen-bond acceptors (Lipinski definition) is 2. The number of likely N-dealkylation sites (N-methyl/N-ethyl adjacent to an activating group) is 1. The summed E-state index contributed by atoms with van der Waals surface area (Å²) >= 11 is 0. The Balaban J connectivity index is 1.67. The van der Waals surface area contributed by atoms with Gasteiger partial charge in [0.25, 0.3) is 0 Å². The maximum atomic E-state index is 13.3. The molecule has 0 unspecified atom stereocenters. The highest BCUT2D eigenvalue weighted by Gasteiger charge is 2.30. The van der Waals surface area contributed by atoms with Crippen LogP contribution in [-0.2, 0) is 35.3 Å². The summed E-state index contributed by atoms with van der Waals surface area (Å²) in [6.45, 7) is 5.48.